The summed E-state index contributed by atoms with van der Waals surface area (Å²) in [7, 11) is 0. The Morgan fingerprint density at radius 1 is 1.50 bits per heavy atom. The number of carbonyl (C=O) groups is 1. The van der Waals surface area contributed by atoms with E-state index in [4.69, 9.17) is 4.42 Å². The van der Waals surface area contributed by atoms with Crippen LogP contribution in [-0.4, -0.2) is 29.9 Å². The average molecular weight is 276 g/mol. The molecule has 0 aromatic carbocycles. The largest absolute Gasteiger partial charge is 0.464 e. The summed E-state index contributed by atoms with van der Waals surface area (Å²) >= 11 is 0. The van der Waals surface area contributed by atoms with Crippen molar-refractivity contribution in [3.63, 3.8) is 0 Å². The molecule has 1 atom stereocenters. The van der Waals surface area contributed by atoms with Gasteiger partial charge in [-0.3, -0.25) is 4.79 Å². The van der Waals surface area contributed by atoms with Crippen LogP contribution in [0.1, 0.15) is 44.1 Å². The third-order valence-electron chi connectivity index (χ3n) is 4.74. The topological polar surface area (TPSA) is 45.5 Å². The van der Waals surface area contributed by atoms with Crippen LogP contribution >= 0.6 is 0 Å². The fraction of sp³-hybridized carbons (Fsp3) is 0.688. The number of amides is 1. The van der Waals surface area contributed by atoms with E-state index in [-0.39, 0.29) is 5.41 Å². The van der Waals surface area contributed by atoms with Gasteiger partial charge in [-0.2, -0.15) is 0 Å². The SMILES string of the molecule is CCC1(C(=O)N(Cc2ccc(C)o2)C2CC2)CCNC1. The molecule has 1 unspecified atom stereocenters. The lowest BCUT2D eigenvalue weighted by Crippen LogP contribution is -2.45. The number of aryl methyl sites for hydroxylation is 1. The van der Waals surface area contributed by atoms with Gasteiger partial charge in [-0.25, -0.2) is 0 Å². The molecule has 1 aliphatic heterocycles. The zero-order valence-corrected chi connectivity index (χ0v) is 12.4. The van der Waals surface area contributed by atoms with Crippen LogP contribution in [0.25, 0.3) is 0 Å². The number of hydrogen-bond acceptors (Lipinski definition) is 3. The van der Waals surface area contributed by atoms with E-state index in [0.29, 0.717) is 18.5 Å². The molecule has 2 heterocycles. The van der Waals surface area contributed by atoms with Gasteiger partial charge >= 0.3 is 0 Å². The van der Waals surface area contributed by atoms with Crippen molar-refractivity contribution in [3.8, 4) is 0 Å². The predicted molar refractivity (Wildman–Crippen MR) is 77.2 cm³/mol. The van der Waals surface area contributed by atoms with E-state index in [1.165, 1.54) is 0 Å². The quantitative estimate of drug-likeness (QED) is 0.898. The first kappa shape index (κ1) is 13.7. The molecule has 20 heavy (non-hydrogen) atoms. The third-order valence-corrected chi connectivity index (χ3v) is 4.74. The maximum absolute atomic E-state index is 13.0. The first-order valence-corrected chi connectivity index (χ1v) is 7.72. The van der Waals surface area contributed by atoms with Crippen LogP contribution in [-0.2, 0) is 11.3 Å². The summed E-state index contributed by atoms with van der Waals surface area (Å²) in [5, 5.41) is 3.36. The lowest BCUT2D eigenvalue weighted by atomic mass is 9.82. The number of rotatable bonds is 5. The molecular weight excluding hydrogens is 252 g/mol. The number of nitrogens with one attached hydrogen (secondary N) is 1. The summed E-state index contributed by atoms with van der Waals surface area (Å²) < 4.78 is 5.66. The molecule has 1 aliphatic carbocycles. The number of nitrogens with zero attached hydrogens (tertiary/aromatic N) is 1. The fourth-order valence-electron chi connectivity index (χ4n) is 3.17. The van der Waals surface area contributed by atoms with Crippen LogP contribution < -0.4 is 5.32 Å². The molecular formula is C16H24N2O2. The standard InChI is InChI=1S/C16H24N2O2/c1-3-16(8-9-17-11-16)15(19)18(13-5-6-13)10-14-7-4-12(2)20-14/h4,7,13,17H,3,5-6,8-11H2,1-2H3. The van der Waals surface area contributed by atoms with Gasteiger partial charge in [0, 0.05) is 12.6 Å². The average Bonchev–Trinajstić information content (AvgIpc) is 3.02. The molecule has 110 valence electrons. The number of carbonyl (C=O) groups excluding carboxylic acids is 1. The van der Waals surface area contributed by atoms with Crippen LogP contribution in [0.2, 0.25) is 0 Å². The van der Waals surface area contributed by atoms with Crippen molar-refractivity contribution in [3.05, 3.63) is 23.7 Å². The molecule has 1 aromatic rings. The molecule has 0 radical (unpaired) electrons. The van der Waals surface area contributed by atoms with Gasteiger partial charge in [0.15, 0.2) is 0 Å². The Balaban J connectivity index is 1.78. The van der Waals surface area contributed by atoms with Gasteiger partial charge in [-0.05, 0) is 51.3 Å². The summed E-state index contributed by atoms with van der Waals surface area (Å²) in [5.41, 5.74) is -0.190. The highest BCUT2D eigenvalue weighted by molar-refractivity contribution is 5.84. The van der Waals surface area contributed by atoms with E-state index in [9.17, 15) is 4.79 Å². The van der Waals surface area contributed by atoms with Gasteiger partial charge in [0.05, 0.1) is 12.0 Å². The first-order chi connectivity index (χ1) is 9.64. The van der Waals surface area contributed by atoms with Crippen LogP contribution in [0.3, 0.4) is 0 Å². The van der Waals surface area contributed by atoms with E-state index in [0.717, 1.165) is 50.3 Å². The first-order valence-electron chi connectivity index (χ1n) is 7.72. The van der Waals surface area contributed by atoms with Crippen molar-refractivity contribution in [1.29, 1.82) is 0 Å². The Hall–Kier alpha value is -1.29. The van der Waals surface area contributed by atoms with E-state index < -0.39 is 0 Å². The van der Waals surface area contributed by atoms with Gasteiger partial charge in [0.2, 0.25) is 5.91 Å². The van der Waals surface area contributed by atoms with Crippen molar-refractivity contribution in [1.82, 2.24) is 10.2 Å². The van der Waals surface area contributed by atoms with Gasteiger partial charge in [-0.1, -0.05) is 6.92 Å². The summed E-state index contributed by atoms with van der Waals surface area (Å²) in [4.78, 5) is 15.1. The Labute approximate surface area is 120 Å². The molecule has 2 fully saturated rings. The normalized spacial score (nSPS) is 25.9. The van der Waals surface area contributed by atoms with E-state index in [1.54, 1.807) is 0 Å². The van der Waals surface area contributed by atoms with E-state index in [2.05, 4.69) is 17.1 Å². The smallest absolute Gasteiger partial charge is 0.230 e. The van der Waals surface area contributed by atoms with Crippen LogP contribution in [0.4, 0.5) is 0 Å². The highest BCUT2D eigenvalue weighted by Crippen LogP contribution is 2.37. The highest BCUT2D eigenvalue weighted by atomic mass is 16.3. The van der Waals surface area contributed by atoms with E-state index in [1.807, 2.05) is 19.1 Å². The minimum absolute atomic E-state index is 0.190. The summed E-state index contributed by atoms with van der Waals surface area (Å²) in [6.45, 7) is 6.48. The maximum atomic E-state index is 13.0. The van der Waals surface area contributed by atoms with Crippen LogP contribution in [0.5, 0.6) is 0 Å². The summed E-state index contributed by atoms with van der Waals surface area (Å²) in [5.74, 6) is 2.14. The van der Waals surface area contributed by atoms with Gasteiger partial charge in [0.25, 0.3) is 0 Å². The lowest BCUT2D eigenvalue weighted by Gasteiger charge is -2.33. The van der Waals surface area contributed by atoms with Gasteiger partial charge in [-0.15, -0.1) is 0 Å². The molecule has 1 N–H and O–H groups in total. The second-order valence-electron chi connectivity index (χ2n) is 6.24. The maximum Gasteiger partial charge on any atom is 0.230 e. The third kappa shape index (κ3) is 2.49. The molecule has 4 heteroatoms. The summed E-state index contributed by atoms with van der Waals surface area (Å²) in [6.07, 6.45) is 4.15. The number of hydrogen-bond donors (Lipinski definition) is 1. The Morgan fingerprint density at radius 2 is 2.30 bits per heavy atom. The van der Waals surface area contributed by atoms with Crippen molar-refractivity contribution in [2.75, 3.05) is 13.1 Å². The molecule has 1 amide bonds. The molecule has 4 nitrogen and oxygen atoms in total. The molecule has 0 spiro atoms. The molecule has 1 aromatic heterocycles. The van der Waals surface area contributed by atoms with Crippen molar-refractivity contribution < 1.29 is 9.21 Å². The zero-order chi connectivity index (χ0) is 14.2. The highest BCUT2D eigenvalue weighted by Gasteiger charge is 2.45. The van der Waals surface area contributed by atoms with E-state index >= 15 is 0 Å². The zero-order valence-electron chi connectivity index (χ0n) is 12.4. The monoisotopic (exact) mass is 276 g/mol. The van der Waals surface area contributed by atoms with Gasteiger partial charge in [0.1, 0.15) is 11.5 Å². The molecule has 0 bridgehead atoms. The molecule has 2 aliphatic rings. The van der Waals surface area contributed by atoms with Crippen molar-refractivity contribution in [2.24, 2.45) is 5.41 Å². The van der Waals surface area contributed by atoms with Crippen molar-refractivity contribution >= 4 is 5.91 Å². The fourth-order valence-corrected chi connectivity index (χ4v) is 3.17. The molecule has 3 rings (SSSR count). The van der Waals surface area contributed by atoms with Crippen LogP contribution in [0, 0.1) is 12.3 Å². The van der Waals surface area contributed by atoms with Crippen molar-refractivity contribution in [2.45, 2.75) is 52.1 Å². The van der Waals surface area contributed by atoms with Gasteiger partial charge < -0.3 is 14.6 Å². The minimum Gasteiger partial charge on any atom is -0.464 e. The second kappa shape index (κ2) is 5.24. The predicted octanol–water partition coefficient (Wildman–Crippen LogP) is 2.47. The minimum atomic E-state index is -0.190. The second-order valence-corrected chi connectivity index (χ2v) is 6.24. The lowest BCUT2D eigenvalue weighted by molar-refractivity contribution is -0.143. The Morgan fingerprint density at radius 3 is 2.80 bits per heavy atom. The molecule has 1 saturated carbocycles. The number of furan rings is 1. The van der Waals surface area contributed by atoms with Crippen LogP contribution in [0.15, 0.2) is 16.5 Å². The Kier molecular flexibility index (Phi) is 3.59. The molecule has 1 saturated heterocycles. The summed E-state index contributed by atoms with van der Waals surface area (Å²) in [6, 6.07) is 4.39. The Bertz CT molecular complexity index is 484.